The minimum atomic E-state index is 0.408. The molecule has 0 bridgehead atoms. The molecule has 0 aliphatic rings. The van der Waals surface area contributed by atoms with Gasteiger partial charge in [0.05, 0.1) is 25.1 Å². The van der Waals surface area contributed by atoms with Gasteiger partial charge in [-0.2, -0.15) is 0 Å². The lowest BCUT2D eigenvalue weighted by Crippen LogP contribution is -2.24. The van der Waals surface area contributed by atoms with E-state index in [9.17, 15) is 0 Å². The summed E-state index contributed by atoms with van der Waals surface area (Å²) in [6.07, 6.45) is 3.71. The molecule has 0 saturated heterocycles. The van der Waals surface area contributed by atoms with Gasteiger partial charge in [-0.25, -0.2) is 15.0 Å². The Morgan fingerprint density at radius 1 is 0.875 bits per heavy atom. The van der Waals surface area contributed by atoms with Crippen LogP contribution >= 0.6 is 23.4 Å². The zero-order valence-electron chi connectivity index (χ0n) is 18.1. The van der Waals surface area contributed by atoms with Crippen LogP contribution in [0.25, 0.3) is 10.9 Å². The van der Waals surface area contributed by atoms with Crippen LogP contribution < -0.4 is 14.4 Å². The van der Waals surface area contributed by atoms with Crippen LogP contribution in [0.3, 0.4) is 0 Å². The van der Waals surface area contributed by atoms with Gasteiger partial charge in [0.15, 0.2) is 5.16 Å². The molecule has 0 spiro atoms. The fraction of sp³-hybridized carbons (Fsp3) is 0.208. The zero-order valence-corrected chi connectivity index (χ0v) is 19.7. The third kappa shape index (κ3) is 5.06. The van der Waals surface area contributed by atoms with E-state index in [1.165, 1.54) is 11.8 Å². The van der Waals surface area contributed by atoms with E-state index in [1.54, 1.807) is 26.5 Å². The van der Waals surface area contributed by atoms with Crippen molar-refractivity contribution in [3.8, 4) is 11.5 Å². The zero-order chi connectivity index (χ0) is 22.5. The molecule has 0 aliphatic heterocycles. The van der Waals surface area contributed by atoms with Crippen LogP contribution in [0.5, 0.6) is 11.5 Å². The Labute approximate surface area is 196 Å². The molecule has 6 nitrogen and oxygen atoms in total. The maximum Gasteiger partial charge on any atom is 0.189 e. The van der Waals surface area contributed by atoms with E-state index < -0.39 is 0 Å². The number of thioether (sulfide) groups is 1. The molecule has 2 heterocycles. The molecular formula is C24H23ClN4O2S. The van der Waals surface area contributed by atoms with Crippen LogP contribution in [0.15, 0.2) is 66.0 Å². The number of rotatable bonds is 8. The Hall–Kier alpha value is -3.03. The molecule has 0 amide bonds. The monoisotopic (exact) mass is 466 g/mol. The highest BCUT2D eigenvalue weighted by atomic mass is 35.5. The summed E-state index contributed by atoms with van der Waals surface area (Å²) in [6.45, 7) is 1.30. The van der Waals surface area contributed by atoms with Crippen molar-refractivity contribution in [3.63, 3.8) is 0 Å². The number of benzene rings is 2. The van der Waals surface area contributed by atoms with Crippen LogP contribution in [-0.4, -0.2) is 35.4 Å². The van der Waals surface area contributed by atoms with Crippen molar-refractivity contribution < 1.29 is 9.47 Å². The van der Waals surface area contributed by atoms with Crippen molar-refractivity contribution in [1.82, 2.24) is 15.0 Å². The number of pyridine rings is 1. The standard InChI is InChI=1S/C24H23ClN4O2S/c1-30-18-8-4-16(5-9-18)14-29(15-17-6-10-19(31-2)11-7-17)23-20-13-26-22(25)12-21(20)27-24(28-23)32-3/h4-13H,14-15H2,1-3H3. The SMILES string of the molecule is COc1ccc(CN(Cc2ccc(OC)cc2)c2nc(SC)nc3cc(Cl)ncc23)cc1. The number of halogens is 1. The average molecular weight is 467 g/mol. The third-order valence-corrected chi connectivity index (χ3v) is 5.81. The van der Waals surface area contributed by atoms with E-state index in [-0.39, 0.29) is 0 Å². The Bertz CT molecular complexity index is 1150. The van der Waals surface area contributed by atoms with Gasteiger partial charge < -0.3 is 14.4 Å². The normalized spacial score (nSPS) is 10.9. The lowest BCUT2D eigenvalue weighted by atomic mass is 10.1. The minimum absolute atomic E-state index is 0.408. The van der Waals surface area contributed by atoms with Crippen molar-refractivity contribution in [3.05, 3.63) is 77.1 Å². The van der Waals surface area contributed by atoms with Gasteiger partial charge in [-0.1, -0.05) is 47.6 Å². The molecule has 0 unspecified atom stereocenters. The summed E-state index contributed by atoms with van der Waals surface area (Å²) in [5.41, 5.74) is 3.05. The number of aromatic nitrogens is 3. The topological polar surface area (TPSA) is 60.4 Å². The summed E-state index contributed by atoms with van der Waals surface area (Å²) in [5, 5.41) is 1.95. The Kier molecular flexibility index (Phi) is 6.97. The molecule has 32 heavy (non-hydrogen) atoms. The summed E-state index contributed by atoms with van der Waals surface area (Å²) in [4.78, 5) is 16.0. The van der Waals surface area contributed by atoms with Gasteiger partial charge in [0, 0.05) is 25.4 Å². The van der Waals surface area contributed by atoms with Crippen molar-refractivity contribution >= 4 is 40.1 Å². The molecule has 0 radical (unpaired) electrons. The van der Waals surface area contributed by atoms with Crippen molar-refractivity contribution in [1.29, 1.82) is 0 Å². The molecule has 4 aromatic rings. The molecule has 2 aromatic carbocycles. The van der Waals surface area contributed by atoms with E-state index >= 15 is 0 Å². The molecule has 2 aromatic heterocycles. The van der Waals surface area contributed by atoms with Crippen molar-refractivity contribution in [2.75, 3.05) is 25.4 Å². The second-order valence-corrected chi connectivity index (χ2v) is 8.27. The van der Waals surface area contributed by atoms with Gasteiger partial charge in [0.25, 0.3) is 0 Å². The molecule has 0 N–H and O–H groups in total. The largest absolute Gasteiger partial charge is 0.497 e. The first kappa shape index (κ1) is 22.2. The second kappa shape index (κ2) is 10.1. The smallest absolute Gasteiger partial charge is 0.189 e. The predicted octanol–water partition coefficient (Wildman–Crippen LogP) is 5.62. The number of fused-ring (bicyclic) bond motifs is 1. The van der Waals surface area contributed by atoms with Crippen LogP contribution in [0.2, 0.25) is 5.15 Å². The lowest BCUT2D eigenvalue weighted by Gasteiger charge is -2.26. The number of methoxy groups -OCH3 is 2. The minimum Gasteiger partial charge on any atom is -0.497 e. The van der Waals surface area contributed by atoms with Gasteiger partial charge >= 0.3 is 0 Å². The molecule has 164 valence electrons. The number of anilines is 1. The summed E-state index contributed by atoms with van der Waals surface area (Å²) in [7, 11) is 3.33. The summed E-state index contributed by atoms with van der Waals surface area (Å²) in [6, 6.07) is 17.9. The first-order valence-corrected chi connectivity index (χ1v) is 11.6. The highest BCUT2D eigenvalue weighted by Crippen LogP contribution is 2.30. The molecule has 8 heteroatoms. The predicted molar refractivity (Wildman–Crippen MR) is 130 cm³/mol. The molecule has 0 aliphatic carbocycles. The Balaban J connectivity index is 1.78. The summed E-state index contributed by atoms with van der Waals surface area (Å²) < 4.78 is 10.6. The van der Waals surface area contributed by atoms with E-state index in [2.05, 4.69) is 39.1 Å². The first-order chi connectivity index (χ1) is 15.6. The molecule has 4 rings (SSSR count). The van der Waals surface area contributed by atoms with Crippen molar-refractivity contribution in [2.24, 2.45) is 0 Å². The van der Waals surface area contributed by atoms with E-state index in [0.717, 1.165) is 39.3 Å². The first-order valence-electron chi connectivity index (χ1n) is 9.97. The molecule has 0 atom stereocenters. The lowest BCUT2D eigenvalue weighted by molar-refractivity contribution is 0.414. The maximum absolute atomic E-state index is 6.15. The van der Waals surface area contributed by atoms with Crippen LogP contribution in [-0.2, 0) is 13.1 Å². The molecular weight excluding hydrogens is 444 g/mol. The highest BCUT2D eigenvalue weighted by molar-refractivity contribution is 7.98. The molecule has 0 saturated carbocycles. The highest BCUT2D eigenvalue weighted by Gasteiger charge is 2.17. The average Bonchev–Trinajstić information content (AvgIpc) is 2.83. The van der Waals surface area contributed by atoms with Gasteiger partial charge in [-0.3, -0.25) is 0 Å². The summed E-state index contributed by atoms with van der Waals surface area (Å²) >= 11 is 7.65. The number of hydrogen-bond acceptors (Lipinski definition) is 7. The van der Waals surface area contributed by atoms with Gasteiger partial charge in [-0.15, -0.1) is 0 Å². The van der Waals surface area contributed by atoms with Crippen LogP contribution in [0.4, 0.5) is 5.82 Å². The second-order valence-electron chi connectivity index (χ2n) is 7.11. The third-order valence-electron chi connectivity index (χ3n) is 5.05. The van der Waals surface area contributed by atoms with Gasteiger partial charge in [0.2, 0.25) is 0 Å². The number of ether oxygens (including phenoxy) is 2. The van der Waals surface area contributed by atoms with Crippen LogP contribution in [0, 0.1) is 0 Å². The van der Waals surface area contributed by atoms with E-state index in [1.807, 2.05) is 30.5 Å². The van der Waals surface area contributed by atoms with Crippen molar-refractivity contribution in [2.45, 2.75) is 18.2 Å². The Morgan fingerprint density at radius 2 is 1.44 bits per heavy atom. The van der Waals surface area contributed by atoms with E-state index in [4.69, 9.17) is 26.1 Å². The Morgan fingerprint density at radius 3 is 1.94 bits per heavy atom. The fourth-order valence-corrected chi connectivity index (χ4v) is 3.92. The quantitative estimate of drug-likeness (QED) is 0.189. The number of nitrogens with zero attached hydrogens (tertiary/aromatic N) is 4. The maximum atomic E-state index is 6.15. The van der Waals surface area contributed by atoms with Gasteiger partial charge in [-0.05, 0) is 41.6 Å². The van der Waals surface area contributed by atoms with Gasteiger partial charge in [0.1, 0.15) is 22.5 Å². The summed E-state index contributed by atoms with van der Waals surface area (Å²) in [5.74, 6) is 2.47. The fourth-order valence-electron chi connectivity index (χ4n) is 3.40. The van der Waals surface area contributed by atoms with E-state index in [0.29, 0.717) is 23.4 Å². The van der Waals surface area contributed by atoms with Crippen LogP contribution in [0.1, 0.15) is 11.1 Å². The number of hydrogen-bond donors (Lipinski definition) is 0. The molecule has 0 fully saturated rings.